The quantitative estimate of drug-likeness (QED) is 0.657. The van der Waals surface area contributed by atoms with Gasteiger partial charge in [0.05, 0.1) is 0 Å². The molecule has 0 saturated carbocycles. The zero-order chi connectivity index (χ0) is 9.61. The Morgan fingerprint density at radius 3 is 1.83 bits per heavy atom. The summed E-state index contributed by atoms with van der Waals surface area (Å²) in [6.07, 6.45) is 3.54. The van der Waals surface area contributed by atoms with Crippen LogP contribution in [0.5, 0.6) is 0 Å². The first-order chi connectivity index (χ1) is 5.60. The van der Waals surface area contributed by atoms with Crippen LogP contribution in [0.1, 0.15) is 47.0 Å². The second kappa shape index (κ2) is 5.63. The summed E-state index contributed by atoms with van der Waals surface area (Å²) >= 11 is 1.47. The summed E-state index contributed by atoms with van der Waals surface area (Å²) < 4.78 is 0. The van der Waals surface area contributed by atoms with E-state index in [2.05, 4.69) is 20.8 Å². The minimum absolute atomic E-state index is 0.245. The third-order valence-corrected chi connectivity index (χ3v) is 3.99. The van der Waals surface area contributed by atoms with Crippen molar-refractivity contribution in [1.29, 1.82) is 0 Å². The molecule has 2 heteroatoms. The minimum atomic E-state index is 0.245. The number of hydrogen-bond acceptors (Lipinski definition) is 2. The van der Waals surface area contributed by atoms with Gasteiger partial charge < -0.3 is 0 Å². The normalized spacial score (nSPS) is 11.7. The molecule has 0 aliphatic heterocycles. The molecule has 0 aliphatic carbocycles. The van der Waals surface area contributed by atoms with Gasteiger partial charge in [0.1, 0.15) is 0 Å². The molecule has 0 bridgehead atoms. The molecule has 0 radical (unpaired) electrons. The molecule has 0 aromatic carbocycles. The largest absolute Gasteiger partial charge is 0.288 e. The van der Waals surface area contributed by atoms with Crippen LogP contribution in [0, 0.1) is 5.41 Å². The fraction of sp³-hybridized carbons (Fsp3) is 0.900. The molecule has 0 unspecified atom stereocenters. The number of carbonyl (C=O) groups excluding carboxylic acids is 1. The predicted molar refractivity (Wildman–Crippen MR) is 56.4 cm³/mol. The van der Waals surface area contributed by atoms with Crippen LogP contribution >= 0.6 is 11.8 Å². The molecule has 0 amide bonds. The molecule has 0 fully saturated rings. The van der Waals surface area contributed by atoms with Gasteiger partial charge in [-0.15, -0.1) is 0 Å². The summed E-state index contributed by atoms with van der Waals surface area (Å²) in [4.78, 5) is 10.8. The van der Waals surface area contributed by atoms with Crippen LogP contribution in [0.2, 0.25) is 0 Å². The highest BCUT2D eigenvalue weighted by Gasteiger charge is 2.24. The Labute approximate surface area is 80.3 Å². The average Bonchev–Trinajstić information content (AvgIpc) is 2.08. The van der Waals surface area contributed by atoms with Gasteiger partial charge in [-0.1, -0.05) is 32.5 Å². The number of rotatable bonds is 5. The lowest BCUT2D eigenvalue weighted by Gasteiger charge is -2.29. The van der Waals surface area contributed by atoms with Gasteiger partial charge in [-0.05, 0) is 24.7 Å². The summed E-state index contributed by atoms with van der Waals surface area (Å²) in [6, 6.07) is 0. The first-order valence-electron chi connectivity index (χ1n) is 4.73. The smallest absolute Gasteiger partial charge is 0.185 e. The van der Waals surface area contributed by atoms with Crippen molar-refractivity contribution in [2.75, 3.05) is 5.75 Å². The van der Waals surface area contributed by atoms with Gasteiger partial charge in [-0.25, -0.2) is 0 Å². The van der Waals surface area contributed by atoms with Crippen molar-refractivity contribution in [1.82, 2.24) is 0 Å². The van der Waals surface area contributed by atoms with Crippen LogP contribution in [0.3, 0.4) is 0 Å². The van der Waals surface area contributed by atoms with Crippen LogP contribution in [0.15, 0.2) is 0 Å². The summed E-state index contributed by atoms with van der Waals surface area (Å²) in [7, 11) is 0. The van der Waals surface area contributed by atoms with Crippen molar-refractivity contribution in [3.63, 3.8) is 0 Å². The van der Waals surface area contributed by atoms with E-state index in [0.717, 1.165) is 5.75 Å². The second-order valence-electron chi connectivity index (χ2n) is 3.34. The number of thioether (sulfide) groups is 1. The third-order valence-electron chi connectivity index (χ3n) is 2.83. The van der Waals surface area contributed by atoms with Crippen molar-refractivity contribution < 1.29 is 4.79 Å². The standard InChI is InChI=1S/C10H20OS/c1-5-10(6-2,7-3)8-12-9(4)11/h5-8H2,1-4H3. The highest BCUT2D eigenvalue weighted by Crippen LogP contribution is 2.34. The van der Waals surface area contributed by atoms with Gasteiger partial charge in [-0.3, -0.25) is 4.79 Å². The molecular weight excluding hydrogens is 168 g/mol. The fourth-order valence-corrected chi connectivity index (χ4v) is 2.43. The van der Waals surface area contributed by atoms with E-state index in [4.69, 9.17) is 0 Å². The summed E-state index contributed by atoms with van der Waals surface area (Å²) in [6.45, 7) is 8.30. The second-order valence-corrected chi connectivity index (χ2v) is 4.49. The van der Waals surface area contributed by atoms with Gasteiger partial charge in [-0.2, -0.15) is 0 Å². The lowest BCUT2D eigenvalue weighted by molar-refractivity contribution is -0.109. The van der Waals surface area contributed by atoms with Crippen molar-refractivity contribution in [3.8, 4) is 0 Å². The van der Waals surface area contributed by atoms with Crippen LogP contribution in [-0.4, -0.2) is 10.9 Å². The Hall–Kier alpha value is 0.0200. The molecule has 0 N–H and O–H groups in total. The highest BCUT2D eigenvalue weighted by molar-refractivity contribution is 8.13. The SMILES string of the molecule is CCC(CC)(CC)CSC(C)=O. The lowest BCUT2D eigenvalue weighted by Crippen LogP contribution is -2.21. The van der Waals surface area contributed by atoms with Gasteiger partial charge >= 0.3 is 0 Å². The summed E-state index contributed by atoms with van der Waals surface area (Å²) in [5.74, 6) is 0.992. The van der Waals surface area contributed by atoms with E-state index >= 15 is 0 Å². The van der Waals surface area contributed by atoms with E-state index < -0.39 is 0 Å². The third kappa shape index (κ3) is 3.61. The molecule has 0 rings (SSSR count). The topological polar surface area (TPSA) is 17.1 Å². The van der Waals surface area contributed by atoms with Gasteiger partial charge in [0, 0.05) is 12.7 Å². The Morgan fingerprint density at radius 1 is 1.17 bits per heavy atom. The van der Waals surface area contributed by atoms with Gasteiger partial charge in [0.15, 0.2) is 5.12 Å². The van der Waals surface area contributed by atoms with Crippen molar-refractivity contribution >= 4 is 16.9 Å². The van der Waals surface area contributed by atoms with Crippen LogP contribution in [0.4, 0.5) is 0 Å². The Balaban J connectivity index is 4.01. The van der Waals surface area contributed by atoms with Crippen molar-refractivity contribution in [2.45, 2.75) is 47.0 Å². The Kier molecular flexibility index (Phi) is 5.64. The lowest BCUT2D eigenvalue weighted by atomic mass is 9.82. The van der Waals surface area contributed by atoms with Gasteiger partial charge in [0.25, 0.3) is 0 Å². The molecule has 0 aliphatic rings. The maximum Gasteiger partial charge on any atom is 0.185 e. The van der Waals surface area contributed by atoms with Crippen molar-refractivity contribution in [3.05, 3.63) is 0 Å². The maximum absolute atomic E-state index is 10.8. The van der Waals surface area contributed by atoms with E-state index in [9.17, 15) is 4.79 Å². The number of carbonyl (C=O) groups is 1. The van der Waals surface area contributed by atoms with Gasteiger partial charge in [0.2, 0.25) is 0 Å². The first kappa shape index (κ1) is 12.0. The van der Waals surface area contributed by atoms with E-state index in [0.29, 0.717) is 5.41 Å². The molecule has 1 nitrogen and oxygen atoms in total. The van der Waals surface area contributed by atoms with Crippen LogP contribution in [0.25, 0.3) is 0 Å². The Morgan fingerprint density at radius 2 is 1.58 bits per heavy atom. The van der Waals surface area contributed by atoms with E-state index in [1.165, 1.54) is 31.0 Å². The first-order valence-corrected chi connectivity index (χ1v) is 5.72. The molecule has 0 heterocycles. The molecule has 0 aromatic rings. The molecule has 0 atom stereocenters. The molecule has 0 saturated heterocycles. The maximum atomic E-state index is 10.8. The zero-order valence-electron chi connectivity index (χ0n) is 8.64. The predicted octanol–water partition coefficient (Wildman–Crippen LogP) is 3.48. The molecular formula is C10H20OS. The highest BCUT2D eigenvalue weighted by atomic mass is 32.2. The van der Waals surface area contributed by atoms with E-state index in [-0.39, 0.29) is 5.12 Å². The van der Waals surface area contributed by atoms with E-state index in [1.807, 2.05) is 0 Å². The zero-order valence-corrected chi connectivity index (χ0v) is 9.46. The monoisotopic (exact) mass is 188 g/mol. The van der Waals surface area contributed by atoms with Crippen LogP contribution < -0.4 is 0 Å². The number of hydrogen-bond donors (Lipinski definition) is 0. The Bertz CT molecular complexity index is 131. The molecule has 0 spiro atoms. The molecule has 12 heavy (non-hydrogen) atoms. The minimum Gasteiger partial charge on any atom is -0.288 e. The fourth-order valence-electron chi connectivity index (χ4n) is 1.31. The molecule has 72 valence electrons. The van der Waals surface area contributed by atoms with Crippen LogP contribution in [-0.2, 0) is 4.79 Å². The van der Waals surface area contributed by atoms with Crippen molar-refractivity contribution in [2.24, 2.45) is 5.41 Å². The summed E-state index contributed by atoms with van der Waals surface area (Å²) in [5, 5.41) is 0.245. The average molecular weight is 188 g/mol. The molecule has 0 aromatic heterocycles. The van der Waals surface area contributed by atoms with E-state index in [1.54, 1.807) is 6.92 Å². The summed E-state index contributed by atoms with van der Waals surface area (Å²) in [5.41, 5.74) is 0.399.